The maximum absolute atomic E-state index is 5.75. The van der Waals surface area contributed by atoms with Gasteiger partial charge in [-0.1, -0.05) is 26.2 Å². The highest BCUT2D eigenvalue weighted by molar-refractivity contribution is 5.48. The molecule has 3 heteroatoms. The van der Waals surface area contributed by atoms with E-state index >= 15 is 0 Å². The summed E-state index contributed by atoms with van der Waals surface area (Å²) in [6.45, 7) is 2.28. The maximum atomic E-state index is 5.75. The van der Waals surface area contributed by atoms with E-state index in [1.54, 1.807) is 6.20 Å². The lowest BCUT2D eigenvalue weighted by molar-refractivity contribution is 0.317. The van der Waals surface area contributed by atoms with Crippen molar-refractivity contribution in [2.45, 2.75) is 45.1 Å². The van der Waals surface area contributed by atoms with Crippen molar-refractivity contribution < 1.29 is 0 Å². The Bertz CT molecular complexity index is 338. The number of aromatic nitrogens is 1. The lowest BCUT2D eigenvalue weighted by Gasteiger charge is -2.31. The largest absolute Gasteiger partial charge is 0.399 e. The molecule has 0 saturated heterocycles. The smallest absolute Gasteiger partial charge is 0.128 e. The number of hydrogen-bond donors (Lipinski definition) is 2. The highest BCUT2D eigenvalue weighted by Gasteiger charge is 2.23. The average Bonchev–Trinajstić information content (AvgIpc) is 2.30. The Kier molecular flexibility index (Phi) is 3.65. The summed E-state index contributed by atoms with van der Waals surface area (Å²) >= 11 is 0. The molecule has 1 saturated carbocycles. The zero-order valence-corrected chi connectivity index (χ0v) is 9.95. The van der Waals surface area contributed by atoms with Crippen molar-refractivity contribution in [2.24, 2.45) is 5.92 Å². The zero-order chi connectivity index (χ0) is 11.4. The molecule has 2 rings (SSSR count). The molecule has 3 nitrogen and oxygen atoms in total. The number of rotatable bonds is 3. The number of anilines is 2. The molecular weight excluding hydrogens is 198 g/mol. The second-order valence-electron chi connectivity index (χ2n) is 4.68. The molecule has 0 amide bonds. The van der Waals surface area contributed by atoms with E-state index in [-0.39, 0.29) is 0 Å². The van der Waals surface area contributed by atoms with Gasteiger partial charge in [0.2, 0.25) is 0 Å². The van der Waals surface area contributed by atoms with Crippen molar-refractivity contribution in [3.63, 3.8) is 0 Å². The summed E-state index contributed by atoms with van der Waals surface area (Å²) in [4.78, 5) is 4.31. The second-order valence-corrected chi connectivity index (χ2v) is 4.68. The van der Waals surface area contributed by atoms with Gasteiger partial charge in [-0.2, -0.15) is 0 Å². The van der Waals surface area contributed by atoms with Gasteiger partial charge >= 0.3 is 0 Å². The van der Waals surface area contributed by atoms with Crippen LogP contribution in [0.3, 0.4) is 0 Å². The summed E-state index contributed by atoms with van der Waals surface area (Å²) in [5, 5.41) is 3.53. The third-order valence-corrected chi connectivity index (χ3v) is 3.55. The minimum atomic E-state index is 0.577. The summed E-state index contributed by atoms with van der Waals surface area (Å²) in [6.07, 6.45) is 8.32. The van der Waals surface area contributed by atoms with E-state index in [4.69, 9.17) is 5.73 Å². The quantitative estimate of drug-likeness (QED) is 0.821. The van der Waals surface area contributed by atoms with Gasteiger partial charge in [0.1, 0.15) is 5.82 Å². The van der Waals surface area contributed by atoms with E-state index in [0.29, 0.717) is 6.04 Å². The van der Waals surface area contributed by atoms with Gasteiger partial charge in [0.25, 0.3) is 0 Å². The SMILES string of the molecule is CCC1CCCCC1Nc1cc(N)ccn1. The molecule has 0 spiro atoms. The highest BCUT2D eigenvalue weighted by Crippen LogP contribution is 2.29. The molecular formula is C13H21N3. The van der Waals surface area contributed by atoms with Crippen LogP contribution in [0, 0.1) is 5.92 Å². The Balaban J connectivity index is 2.02. The second kappa shape index (κ2) is 5.19. The van der Waals surface area contributed by atoms with Gasteiger partial charge in [-0.25, -0.2) is 4.98 Å². The Hall–Kier alpha value is -1.25. The molecule has 0 bridgehead atoms. The van der Waals surface area contributed by atoms with Crippen molar-refractivity contribution in [3.8, 4) is 0 Å². The van der Waals surface area contributed by atoms with Crippen LogP contribution in [0.4, 0.5) is 11.5 Å². The minimum Gasteiger partial charge on any atom is -0.399 e. The average molecular weight is 219 g/mol. The molecule has 1 aliphatic rings. The molecule has 1 fully saturated rings. The van der Waals surface area contributed by atoms with Crippen molar-refractivity contribution in [1.82, 2.24) is 4.98 Å². The van der Waals surface area contributed by atoms with Crippen LogP contribution in [-0.4, -0.2) is 11.0 Å². The molecule has 3 N–H and O–H groups in total. The van der Waals surface area contributed by atoms with Gasteiger partial charge in [0.15, 0.2) is 0 Å². The number of pyridine rings is 1. The van der Waals surface area contributed by atoms with Crippen molar-refractivity contribution in [2.75, 3.05) is 11.1 Å². The summed E-state index contributed by atoms with van der Waals surface area (Å²) in [5.41, 5.74) is 6.53. The zero-order valence-electron chi connectivity index (χ0n) is 9.95. The normalized spacial score (nSPS) is 25.3. The predicted molar refractivity (Wildman–Crippen MR) is 68.3 cm³/mol. The first-order valence-electron chi connectivity index (χ1n) is 6.27. The number of nitrogens with one attached hydrogen (secondary N) is 1. The topological polar surface area (TPSA) is 50.9 Å². The van der Waals surface area contributed by atoms with Gasteiger partial charge in [-0.15, -0.1) is 0 Å². The molecule has 0 radical (unpaired) electrons. The summed E-state index contributed by atoms with van der Waals surface area (Å²) in [5.74, 6) is 1.71. The predicted octanol–water partition coefficient (Wildman–Crippen LogP) is 3.04. The van der Waals surface area contributed by atoms with Gasteiger partial charge in [-0.3, -0.25) is 0 Å². The van der Waals surface area contributed by atoms with Crippen LogP contribution in [0.5, 0.6) is 0 Å². The Labute approximate surface area is 97.5 Å². The van der Waals surface area contributed by atoms with Crippen LogP contribution in [0.1, 0.15) is 39.0 Å². The Morgan fingerprint density at radius 3 is 3.00 bits per heavy atom. The maximum Gasteiger partial charge on any atom is 0.128 e. The molecule has 2 atom stereocenters. The van der Waals surface area contributed by atoms with E-state index in [9.17, 15) is 0 Å². The molecule has 16 heavy (non-hydrogen) atoms. The molecule has 2 unspecified atom stereocenters. The number of hydrogen-bond acceptors (Lipinski definition) is 3. The number of nitrogen functional groups attached to an aromatic ring is 1. The molecule has 0 aliphatic heterocycles. The fourth-order valence-electron chi connectivity index (χ4n) is 2.60. The first-order chi connectivity index (χ1) is 7.79. The summed E-state index contributed by atoms with van der Waals surface area (Å²) < 4.78 is 0. The number of nitrogens with zero attached hydrogens (tertiary/aromatic N) is 1. The Morgan fingerprint density at radius 2 is 2.25 bits per heavy atom. The highest BCUT2D eigenvalue weighted by atomic mass is 15.0. The first kappa shape index (κ1) is 11.2. The Morgan fingerprint density at radius 1 is 1.44 bits per heavy atom. The van der Waals surface area contributed by atoms with E-state index in [1.165, 1.54) is 32.1 Å². The molecule has 88 valence electrons. The van der Waals surface area contributed by atoms with Crippen LogP contribution in [0.15, 0.2) is 18.3 Å². The lowest BCUT2D eigenvalue weighted by Crippen LogP contribution is -2.32. The minimum absolute atomic E-state index is 0.577. The summed E-state index contributed by atoms with van der Waals surface area (Å²) in [6, 6.07) is 4.32. The standard InChI is InChI=1S/C13H21N3/c1-2-10-5-3-4-6-12(10)16-13-9-11(14)7-8-15-13/h7-10,12H,2-6H2,1H3,(H3,14,15,16). The van der Waals surface area contributed by atoms with Gasteiger partial charge in [0, 0.05) is 24.0 Å². The van der Waals surface area contributed by atoms with Gasteiger partial charge < -0.3 is 11.1 Å². The van der Waals surface area contributed by atoms with E-state index < -0.39 is 0 Å². The van der Waals surface area contributed by atoms with Crippen LogP contribution in [-0.2, 0) is 0 Å². The molecule has 1 aliphatic carbocycles. The molecule has 1 aromatic heterocycles. The lowest BCUT2D eigenvalue weighted by atomic mass is 9.83. The van der Waals surface area contributed by atoms with Gasteiger partial charge in [0.05, 0.1) is 0 Å². The van der Waals surface area contributed by atoms with Crippen molar-refractivity contribution in [1.29, 1.82) is 0 Å². The van der Waals surface area contributed by atoms with Gasteiger partial charge in [-0.05, 0) is 24.8 Å². The molecule has 0 aromatic carbocycles. The van der Waals surface area contributed by atoms with E-state index in [0.717, 1.165) is 17.4 Å². The van der Waals surface area contributed by atoms with Crippen LogP contribution < -0.4 is 11.1 Å². The third-order valence-electron chi connectivity index (χ3n) is 3.55. The van der Waals surface area contributed by atoms with Crippen molar-refractivity contribution >= 4 is 11.5 Å². The fourth-order valence-corrected chi connectivity index (χ4v) is 2.60. The summed E-state index contributed by atoms with van der Waals surface area (Å²) in [7, 11) is 0. The third kappa shape index (κ3) is 2.65. The van der Waals surface area contributed by atoms with E-state index in [2.05, 4.69) is 17.2 Å². The van der Waals surface area contributed by atoms with Crippen molar-refractivity contribution in [3.05, 3.63) is 18.3 Å². The van der Waals surface area contributed by atoms with E-state index in [1.807, 2.05) is 12.1 Å². The number of nitrogens with two attached hydrogens (primary N) is 1. The van der Waals surface area contributed by atoms with Crippen LogP contribution >= 0.6 is 0 Å². The monoisotopic (exact) mass is 219 g/mol. The van der Waals surface area contributed by atoms with Crippen LogP contribution in [0.2, 0.25) is 0 Å². The molecule has 1 heterocycles. The first-order valence-corrected chi connectivity index (χ1v) is 6.27. The fraction of sp³-hybridized carbons (Fsp3) is 0.615. The molecule has 1 aromatic rings. The van der Waals surface area contributed by atoms with Crippen LogP contribution in [0.25, 0.3) is 0 Å².